The number of aromatic nitrogens is 1. The average molecular weight is 298 g/mol. The standard InChI is InChI=1S/C13H18N2O4S/c1-8(16)9-6-11(14-7-9)12(17)15-10(4-5-20-3)13(18)19-2/h6-7,10,14H,4-5H2,1-3H3,(H,15,17)/t10-/m0/s1. The second kappa shape index (κ2) is 7.74. The van der Waals surface area contributed by atoms with E-state index in [-0.39, 0.29) is 11.5 Å². The van der Waals surface area contributed by atoms with E-state index in [0.29, 0.717) is 12.0 Å². The van der Waals surface area contributed by atoms with Crippen LogP contribution in [0.3, 0.4) is 0 Å². The monoisotopic (exact) mass is 298 g/mol. The van der Waals surface area contributed by atoms with Crippen molar-refractivity contribution >= 4 is 29.4 Å². The Balaban J connectivity index is 2.73. The molecule has 6 nitrogen and oxygen atoms in total. The van der Waals surface area contributed by atoms with Crippen LogP contribution in [0.2, 0.25) is 0 Å². The second-order valence-electron chi connectivity index (χ2n) is 4.19. The second-order valence-corrected chi connectivity index (χ2v) is 5.17. The van der Waals surface area contributed by atoms with E-state index < -0.39 is 17.9 Å². The number of hydrogen-bond donors (Lipinski definition) is 2. The first-order valence-corrected chi connectivity index (χ1v) is 7.46. The summed E-state index contributed by atoms with van der Waals surface area (Å²) in [5.41, 5.74) is 0.669. The lowest BCUT2D eigenvalue weighted by Gasteiger charge is -2.15. The van der Waals surface area contributed by atoms with Gasteiger partial charge in [0.2, 0.25) is 0 Å². The molecule has 0 aromatic carbocycles. The zero-order valence-corrected chi connectivity index (χ0v) is 12.5. The third-order valence-corrected chi connectivity index (χ3v) is 3.38. The Morgan fingerprint density at radius 1 is 1.45 bits per heavy atom. The summed E-state index contributed by atoms with van der Waals surface area (Å²) in [6.07, 6.45) is 3.87. The van der Waals surface area contributed by atoms with Crippen molar-refractivity contribution < 1.29 is 19.1 Å². The molecule has 1 aromatic rings. The first-order chi connectivity index (χ1) is 9.49. The molecule has 0 aliphatic heterocycles. The number of methoxy groups -OCH3 is 1. The minimum absolute atomic E-state index is 0.132. The van der Waals surface area contributed by atoms with Crippen molar-refractivity contribution in [3.63, 3.8) is 0 Å². The molecule has 0 saturated carbocycles. The van der Waals surface area contributed by atoms with Crippen molar-refractivity contribution in [3.05, 3.63) is 23.5 Å². The Morgan fingerprint density at radius 3 is 2.65 bits per heavy atom. The minimum Gasteiger partial charge on any atom is -0.467 e. The van der Waals surface area contributed by atoms with E-state index in [4.69, 9.17) is 0 Å². The van der Waals surface area contributed by atoms with E-state index in [1.54, 1.807) is 11.8 Å². The molecular weight excluding hydrogens is 280 g/mol. The van der Waals surface area contributed by atoms with Crippen LogP contribution in [0, 0.1) is 0 Å². The number of carbonyl (C=O) groups excluding carboxylic acids is 3. The predicted molar refractivity (Wildman–Crippen MR) is 77.1 cm³/mol. The lowest BCUT2D eigenvalue weighted by atomic mass is 10.2. The van der Waals surface area contributed by atoms with Gasteiger partial charge in [0.15, 0.2) is 5.78 Å². The van der Waals surface area contributed by atoms with Crippen LogP contribution in [0.5, 0.6) is 0 Å². The summed E-state index contributed by atoms with van der Waals surface area (Å²) >= 11 is 1.58. The van der Waals surface area contributed by atoms with Crippen LogP contribution in [0.1, 0.15) is 34.2 Å². The molecule has 0 saturated heterocycles. The van der Waals surface area contributed by atoms with Gasteiger partial charge in [-0.15, -0.1) is 0 Å². The van der Waals surface area contributed by atoms with Crippen LogP contribution in [0.4, 0.5) is 0 Å². The number of ether oxygens (including phenoxy) is 1. The molecule has 20 heavy (non-hydrogen) atoms. The van der Waals surface area contributed by atoms with E-state index in [2.05, 4.69) is 15.0 Å². The summed E-state index contributed by atoms with van der Waals surface area (Å²) < 4.78 is 4.66. The average Bonchev–Trinajstić information content (AvgIpc) is 2.92. The molecule has 1 amide bonds. The van der Waals surface area contributed by atoms with Gasteiger partial charge in [0.25, 0.3) is 5.91 Å². The largest absolute Gasteiger partial charge is 0.467 e. The number of nitrogens with one attached hydrogen (secondary N) is 2. The third kappa shape index (κ3) is 4.41. The van der Waals surface area contributed by atoms with E-state index in [0.717, 1.165) is 5.75 Å². The Hall–Kier alpha value is -1.76. The number of carbonyl (C=O) groups is 3. The first-order valence-electron chi connectivity index (χ1n) is 6.06. The Morgan fingerprint density at radius 2 is 2.15 bits per heavy atom. The topological polar surface area (TPSA) is 88.3 Å². The van der Waals surface area contributed by atoms with Crippen molar-refractivity contribution in [2.75, 3.05) is 19.1 Å². The minimum atomic E-state index is -0.691. The molecule has 0 unspecified atom stereocenters. The highest BCUT2D eigenvalue weighted by molar-refractivity contribution is 7.98. The van der Waals surface area contributed by atoms with Gasteiger partial charge in [-0.3, -0.25) is 9.59 Å². The third-order valence-electron chi connectivity index (χ3n) is 2.74. The summed E-state index contributed by atoms with van der Waals surface area (Å²) in [5.74, 6) is -0.323. The highest BCUT2D eigenvalue weighted by Crippen LogP contribution is 2.07. The SMILES string of the molecule is COC(=O)[C@H](CCSC)NC(=O)c1cc(C(C)=O)c[nH]1. The maximum absolute atomic E-state index is 12.0. The van der Waals surface area contributed by atoms with Crippen molar-refractivity contribution in [1.82, 2.24) is 10.3 Å². The number of ketones is 1. The Kier molecular flexibility index (Phi) is 6.30. The number of thioether (sulfide) groups is 1. The molecule has 1 heterocycles. The molecule has 0 aliphatic carbocycles. The Bertz CT molecular complexity index is 498. The number of aromatic amines is 1. The number of H-pyrrole nitrogens is 1. The van der Waals surface area contributed by atoms with Gasteiger partial charge in [0.05, 0.1) is 7.11 Å². The van der Waals surface area contributed by atoms with Crippen LogP contribution in [-0.4, -0.2) is 47.8 Å². The van der Waals surface area contributed by atoms with Gasteiger partial charge in [0, 0.05) is 11.8 Å². The molecule has 2 N–H and O–H groups in total. The number of Topliss-reactive ketones (excluding diaryl/α,β-unsaturated/α-hetero) is 1. The fourth-order valence-corrected chi connectivity index (χ4v) is 2.06. The van der Waals surface area contributed by atoms with E-state index in [1.807, 2.05) is 6.26 Å². The normalized spacial score (nSPS) is 11.8. The number of amides is 1. The molecule has 0 radical (unpaired) electrons. The molecular formula is C13H18N2O4S. The van der Waals surface area contributed by atoms with Crippen molar-refractivity contribution in [1.29, 1.82) is 0 Å². The molecule has 110 valence electrons. The zero-order chi connectivity index (χ0) is 15.1. The maximum Gasteiger partial charge on any atom is 0.328 e. The summed E-state index contributed by atoms with van der Waals surface area (Å²) in [6, 6.07) is 0.768. The molecule has 0 spiro atoms. The van der Waals surface area contributed by atoms with Crippen molar-refractivity contribution in [3.8, 4) is 0 Å². The van der Waals surface area contributed by atoms with Crippen LogP contribution in [-0.2, 0) is 9.53 Å². The van der Waals surface area contributed by atoms with Crippen LogP contribution < -0.4 is 5.32 Å². The maximum atomic E-state index is 12.0. The first kappa shape index (κ1) is 16.3. The molecule has 0 fully saturated rings. The van der Waals surface area contributed by atoms with Crippen LogP contribution >= 0.6 is 11.8 Å². The molecule has 1 rings (SSSR count). The lowest BCUT2D eigenvalue weighted by molar-refractivity contribution is -0.142. The molecule has 1 atom stereocenters. The highest BCUT2D eigenvalue weighted by Gasteiger charge is 2.22. The summed E-state index contributed by atoms with van der Waals surface area (Å²) in [5, 5.41) is 2.60. The highest BCUT2D eigenvalue weighted by atomic mass is 32.2. The predicted octanol–water partition coefficient (Wildman–Crippen LogP) is 1.24. The zero-order valence-electron chi connectivity index (χ0n) is 11.7. The quantitative estimate of drug-likeness (QED) is 0.584. The number of rotatable bonds is 7. The van der Waals surface area contributed by atoms with E-state index >= 15 is 0 Å². The molecule has 1 aromatic heterocycles. The van der Waals surface area contributed by atoms with Crippen molar-refractivity contribution in [2.24, 2.45) is 0 Å². The van der Waals surface area contributed by atoms with Crippen LogP contribution in [0.15, 0.2) is 12.3 Å². The van der Waals surface area contributed by atoms with Gasteiger partial charge in [0.1, 0.15) is 11.7 Å². The van der Waals surface area contributed by atoms with Gasteiger partial charge in [-0.05, 0) is 31.4 Å². The van der Waals surface area contributed by atoms with E-state index in [1.165, 1.54) is 26.3 Å². The summed E-state index contributed by atoms with van der Waals surface area (Å²) in [7, 11) is 1.28. The smallest absolute Gasteiger partial charge is 0.328 e. The number of esters is 1. The van der Waals surface area contributed by atoms with Gasteiger partial charge in [-0.1, -0.05) is 0 Å². The fourth-order valence-electron chi connectivity index (χ4n) is 1.59. The summed E-state index contributed by atoms with van der Waals surface area (Å²) in [6.45, 7) is 1.42. The molecule has 7 heteroatoms. The molecule has 0 bridgehead atoms. The van der Waals surface area contributed by atoms with Gasteiger partial charge in [-0.25, -0.2) is 4.79 Å². The van der Waals surface area contributed by atoms with Crippen LogP contribution in [0.25, 0.3) is 0 Å². The van der Waals surface area contributed by atoms with Gasteiger partial charge >= 0.3 is 5.97 Å². The van der Waals surface area contributed by atoms with Crippen molar-refractivity contribution in [2.45, 2.75) is 19.4 Å². The number of hydrogen-bond acceptors (Lipinski definition) is 5. The fraction of sp³-hybridized carbons (Fsp3) is 0.462. The Labute approximate surface area is 121 Å². The van der Waals surface area contributed by atoms with Gasteiger partial charge < -0.3 is 15.0 Å². The lowest BCUT2D eigenvalue weighted by Crippen LogP contribution is -2.42. The molecule has 0 aliphatic rings. The van der Waals surface area contributed by atoms with E-state index in [9.17, 15) is 14.4 Å². The summed E-state index contributed by atoms with van der Waals surface area (Å²) in [4.78, 5) is 37.5. The van der Waals surface area contributed by atoms with Gasteiger partial charge in [-0.2, -0.15) is 11.8 Å².